The molecule has 0 aromatic rings. The van der Waals surface area contributed by atoms with Crippen molar-refractivity contribution in [3.8, 4) is 0 Å². The van der Waals surface area contributed by atoms with Gasteiger partial charge in [0.1, 0.15) is 0 Å². The fourth-order valence-corrected chi connectivity index (χ4v) is 1.86. The van der Waals surface area contributed by atoms with Gasteiger partial charge in [0, 0.05) is 32.6 Å². The Morgan fingerprint density at radius 1 is 1.29 bits per heavy atom. The zero-order chi connectivity index (χ0) is 12.3. The minimum atomic E-state index is 0.133. The summed E-state index contributed by atoms with van der Waals surface area (Å²) in [4.78, 5) is 13.6. The van der Waals surface area contributed by atoms with Crippen LogP contribution in [0.25, 0.3) is 0 Å². The molecule has 0 atom stereocenters. The van der Waals surface area contributed by atoms with Crippen molar-refractivity contribution >= 4 is 5.91 Å². The average Bonchev–Trinajstić information content (AvgIpc) is 2.35. The molecule has 17 heavy (non-hydrogen) atoms. The Bertz CT molecular complexity index is 206. The van der Waals surface area contributed by atoms with Gasteiger partial charge in [-0.25, -0.2) is 0 Å². The number of carbonyl (C=O) groups excluding carboxylic acids is 1. The monoisotopic (exact) mass is 243 g/mol. The Hall–Kier alpha value is -0.650. The molecule has 0 bridgehead atoms. The van der Waals surface area contributed by atoms with Crippen molar-refractivity contribution in [2.45, 2.75) is 19.8 Å². The summed E-state index contributed by atoms with van der Waals surface area (Å²) in [7, 11) is 0. The molecule has 100 valence electrons. The number of nitrogens with zero attached hydrogens (tertiary/aromatic N) is 1. The summed E-state index contributed by atoms with van der Waals surface area (Å²) in [6.45, 7) is 9.37. The quantitative estimate of drug-likeness (QED) is 0.581. The lowest BCUT2D eigenvalue weighted by atomic mass is 10.3. The largest absolute Gasteiger partial charge is 0.379 e. The molecular formula is C12H25N3O2. The summed E-state index contributed by atoms with van der Waals surface area (Å²) < 4.78 is 5.29. The van der Waals surface area contributed by atoms with Crippen molar-refractivity contribution < 1.29 is 9.53 Å². The third kappa shape index (κ3) is 7.31. The molecule has 5 heteroatoms. The number of rotatable bonds is 8. The molecule has 0 unspecified atom stereocenters. The zero-order valence-corrected chi connectivity index (χ0v) is 10.8. The highest BCUT2D eigenvalue weighted by Gasteiger charge is 2.08. The first-order valence-electron chi connectivity index (χ1n) is 6.60. The van der Waals surface area contributed by atoms with Crippen LogP contribution in [0.3, 0.4) is 0 Å². The molecule has 1 rings (SSSR count). The number of amides is 1. The highest BCUT2D eigenvalue weighted by molar-refractivity contribution is 5.75. The smallest absolute Gasteiger partial charge is 0.221 e. The van der Waals surface area contributed by atoms with Crippen molar-refractivity contribution in [3.05, 3.63) is 0 Å². The van der Waals surface area contributed by atoms with Gasteiger partial charge >= 0.3 is 0 Å². The third-order valence-electron chi connectivity index (χ3n) is 2.83. The van der Waals surface area contributed by atoms with Gasteiger partial charge in [-0.1, -0.05) is 0 Å². The van der Waals surface area contributed by atoms with Gasteiger partial charge in [0.05, 0.1) is 13.2 Å². The van der Waals surface area contributed by atoms with Crippen molar-refractivity contribution in [1.29, 1.82) is 0 Å². The van der Waals surface area contributed by atoms with E-state index < -0.39 is 0 Å². The van der Waals surface area contributed by atoms with Crippen LogP contribution in [0.15, 0.2) is 0 Å². The lowest BCUT2D eigenvalue weighted by Crippen LogP contribution is -2.37. The van der Waals surface area contributed by atoms with Crippen LogP contribution in [0.5, 0.6) is 0 Å². The fraction of sp³-hybridized carbons (Fsp3) is 0.917. The Morgan fingerprint density at radius 2 is 2.06 bits per heavy atom. The van der Waals surface area contributed by atoms with E-state index in [1.807, 2.05) is 6.92 Å². The van der Waals surface area contributed by atoms with E-state index in [0.717, 1.165) is 58.9 Å². The summed E-state index contributed by atoms with van der Waals surface area (Å²) >= 11 is 0. The molecule has 2 N–H and O–H groups in total. The molecule has 1 aliphatic heterocycles. The SMILES string of the molecule is CCNC(=O)CCNCCCN1CCOCC1. The van der Waals surface area contributed by atoms with E-state index in [4.69, 9.17) is 4.74 Å². The fourth-order valence-electron chi connectivity index (χ4n) is 1.86. The average molecular weight is 243 g/mol. The van der Waals surface area contributed by atoms with E-state index in [0.29, 0.717) is 6.42 Å². The van der Waals surface area contributed by atoms with Crippen LogP contribution in [-0.2, 0) is 9.53 Å². The molecule has 1 saturated heterocycles. The lowest BCUT2D eigenvalue weighted by molar-refractivity contribution is -0.120. The molecule has 0 radical (unpaired) electrons. The van der Waals surface area contributed by atoms with E-state index >= 15 is 0 Å². The molecule has 0 aliphatic carbocycles. The maximum Gasteiger partial charge on any atom is 0.221 e. The van der Waals surface area contributed by atoms with Crippen molar-refractivity contribution in [2.24, 2.45) is 0 Å². The second-order valence-electron chi connectivity index (χ2n) is 4.26. The predicted molar refractivity (Wildman–Crippen MR) is 68.0 cm³/mol. The van der Waals surface area contributed by atoms with Gasteiger partial charge in [-0.05, 0) is 26.4 Å². The number of hydrogen-bond donors (Lipinski definition) is 2. The van der Waals surface area contributed by atoms with Crippen LogP contribution in [0.2, 0.25) is 0 Å². The van der Waals surface area contributed by atoms with Gasteiger partial charge in [-0.3, -0.25) is 9.69 Å². The standard InChI is InChI=1S/C12H25N3O2/c1-2-14-12(16)4-6-13-5-3-7-15-8-10-17-11-9-15/h13H,2-11H2,1H3,(H,14,16). The second kappa shape index (κ2) is 9.39. The highest BCUT2D eigenvalue weighted by atomic mass is 16.5. The van der Waals surface area contributed by atoms with Gasteiger partial charge < -0.3 is 15.4 Å². The first-order valence-corrected chi connectivity index (χ1v) is 6.60. The van der Waals surface area contributed by atoms with E-state index in [2.05, 4.69) is 15.5 Å². The van der Waals surface area contributed by atoms with Gasteiger partial charge in [-0.15, -0.1) is 0 Å². The Kier molecular flexibility index (Phi) is 7.96. The maximum absolute atomic E-state index is 11.1. The molecule has 0 aromatic heterocycles. The summed E-state index contributed by atoms with van der Waals surface area (Å²) in [5.74, 6) is 0.133. The molecule has 1 heterocycles. The first kappa shape index (κ1) is 14.4. The number of nitrogens with one attached hydrogen (secondary N) is 2. The van der Waals surface area contributed by atoms with Crippen molar-refractivity contribution in [2.75, 3.05) is 52.5 Å². The van der Waals surface area contributed by atoms with Gasteiger partial charge in [0.25, 0.3) is 0 Å². The van der Waals surface area contributed by atoms with Crippen LogP contribution in [0, 0.1) is 0 Å². The molecule has 1 fully saturated rings. The van der Waals surface area contributed by atoms with E-state index in [-0.39, 0.29) is 5.91 Å². The zero-order valence-electron chi connectivity index (χ0n) is 10.8. The molecule has 0 saturated carbocycles. The highest BCUT2D eigenvalue weighted by Crippen LogP contribution is 1.97. The number of ether oxygens (including phenoxy) is 1. The maximum atomic E-state index is 11.1. The first-order chi connectivity index (χ1) is 8.33. The minimum Gasteiger partial charge on any atom is -0.379 e. The Morgan fingerprint density at radius 3 is 2.76 bits per heavy atom. The van der Waals surface area contributed by atoms with Gasteiger partial charge in [0.2, 0.25) is 5.91 Å². The summed E-state index contributed by atoms with van der Waals surface area (Å²) in [5, 5.41) is 6.08. The Balaban J connectivity index is 1.85. The molecule has 5 nitrogen and oxygen atoms in total. The van der Waals surface area contributed by atoms with E-state index in [9.17, 15) is 4.79 Å². The molecule has 0 aromatic carbocycles. The molecule has 1 amide bonds. The predicted octanol–water partition coefficient (Wildman–Crippen LogP) is -0.175. The number of morpholine rings is 1. The lowest BCUT2D eigenvalue weighted by Gasteiger charge is -2.26. The minimum absolute atomic E-state index is 0.133. The van der Waals surface area contributed by atoms with Crippen LogP contribution < -0.4 is 10.6 Å². The van der Waals surface area contributed by atoms with Gasteiger partial charge in [-0.2, -0.15) is 0 Å². The number of carbonyl (C=O) groups is 1. The van der Waals surface area contributed by atoms with Crippen LogP contribution in [0.4, 0.5) is 0 Å². The van der Waals surface area contributed by atoms with Crippen LogP contribution >= 0.6 is 0 Å². The van der Waals surface area contributed by atoms with Crippen LogP contribution in [0.1, 0.15) is 19.8 Å². The van der Waals surface area contributed by atoms with E-state index in [1.54, 1.807) is 0 Å². The van der Waals surface area contributed by atoms with Gasteiger partial charge in [0.15, 0.2) is 0 Å². The molecule has 0 spiro atoms. The Labute approximate surface area is 104 Å². The summed E-state index contributed by atoms with van der Waals surface area (Å²) in [6.07, 6.45) is 1.71. The summed E-state index contributed by atoms with van der Waals surface area (Å²) in [5.41, 5.74) is 0. The topological polar surface area (TPSA) is 53.6 Å². The summed E-state index contributed by atoms with van der Waals surface area (Å²) in [6, 6.07) is 0. The van der Waals surface area contributed by atoms with Crippen LogP contribution in [-0.4, -0.2) is 63.3 Å². The number of hydrogen-bond acceptors (Lipinski definition) is 4. The normalized spacial score (nSPS) is 17.0. The van der Waals surface area contributed by atoms with Crippen molar-refractivity contribution in [3.63, 3.8) is 0 Å². The molecular weight excluding hydrogens is 218 g/mol. The van der Waals surface area contributed by atoms with Crippen molar-refractivity contribution in [1.82, 2.24) is 15.5 Å². The third-order valence-corrected chi connectivity index (χ3v) is 2.83. The molecule has 1 aliphatic rings. The van der Waals surface area contributed by atoms with E-state index in [1.165, 1.54) is 0 Å². The second-order valence-corrected chi connectivity index (χ2v) is 4.26.